The highest BCUT2D eigenvalue weighted by Gasteiger charge is 2.20. The van der Waals surface area contributed by atoms with Crippen molar-refractivity contribution in [3.05, 3.63) is 188 Å². The van der Waals surface area contributed by atoms with Crippen LogP contribution < -0.4 is 4.90 Å². The molecular formula is C52H31NO3. The predicted molar refractivity (Wildman–Crippen MR) is 231 cm³/mol. The van der Waals surface area contributed by atoms with Crippen molar-refractivity contribution in [3.8, 4) is 22.3 Å². The first kappa shape index (κ1) is 30.9. The Morgan fingerprint density at radius 1 is 0.321 bits per heavy atom. The van der Waals surface area contributed by atoms with Gasteiger partial charge in [-0.3, -0.25) is 0 Å². The maximum Gasteiger partial charge on any atom is 0.143 e. The van der Waals surface area contributed by atoms with E-state index < -0.39 is 0 Å². The summed E-state index contributed by atoms with van der Waals surface area (Å²) in [6.45, 7) is 0. The topological polar surface area (TPSA) is 42.7 Å². The Bertz CT molecular complexity index is 3490. The summed E-state index contributed by atoms with van der Waals surface area (Å²) < 4.78 is 19.5. The number of rotatable bonds is 5. The van der Waals surface area contributed by atoms with E-state index in [0.717, 1.165) is 105 Å². The molecule has 0 atom stereocenters. The van der Waals surface area contributed by atoms with Crippen molar-refractivity contribution in [1.82, 2.24) is 0 Å². The number of anilines is 3. The summed E-state index contributed by atoms with van der Waals surface area (Å²) in [6, 6.07) is 66.0. The molecule has 0 aliphatic rings. The van der Waals surface area contributed by atoms with Gasteiger partial charge < -0.3 is 18.2 Å². The van der Waals surface area contributed by atoms with E-state index in [2.05, 4.69) is 175 Å². The monoisotopic (exact) mass is 717 g/mol. The molecule has 0 saturated carbocycles. The minimum Gasteiger partial charge on any atom is -0.456 e. The van der Waals surface area contributed by atoms with Crippen LogP contribution in [0.5, 0.6) is 0 Å². The van der Waals surface area contributed by atoms with Gasteiger partial charge in [0, 0.05) is 54.6 Å². The fourth-order valence-electron chi connectivity index (χ4n) is 8.69. The molecule has 3 aromatic heterocycles. The maximum absolute atomic E-state index is 6.79. The van der Waals surface area contributed by atoms with E-state index in [0.29, 0.717) is 0 Å². The lowest BCUT2D eigenvalue weighted by atomic mass is 9.97. The number of benzene rings is 9. The van der Waals surface area contributed by atoms with Crippen LogP contribution in [0.3, 0.4) is 0 Å². The molecule has 4 heteroatoms. The Kier molecular flexibility index (Phi) is 6.60. The summed E-state index contributed by atoms with van der Waals surface area (Å²) in [4.78, 5) is 2.34. The minimum atomic E-state index is 0.847. The van der Waals surface area contributed by atoms with E-state index in [4.69, 9.17) is 13.3 Å². The molecule has 0 amide bonds. The molecule has 0 N–H and O–H groups in total. The van der Waals surface area contributed by atoms with Gasteiger partial charge in [0.2, 0.25) is 0 Å². The molecule has 0 radical (unpaired) electrons. The highest BCUT2D eigenvalue weighted by Crippen LogP contribution is 2.44. The summed E-state index contributed by atoms with van der Waals surface area (Å²) in [7, 11) is 0. The number of hydrogen-bond acceptors (Lipinski definition) is 4. The van der Waals surface area contributed by atoms with Crippen LogP contribution in [0, 0.1) is 0 Å². The molecule has 0 saturated heterocycles. The van der Waals surface area contributed by atoms with Crippen molar-refractivity contribution >= 4 is 93.7 Å². The van der Waals surface area contributed by atoms with Crippen molar-refractivity contribution < 1.29 is 13.3 Å². The van der Waals surface area contributed by atoms with Gasteiger partial charge in [-0.1, -0.05) is 115 Å². The van der Waals surface area contributed by atoms with Gasteiger partial charge in [0.25, 0.3) is 0 Å². The normalized spacial score (nSPS) is 11.9. The summed E-state index contributed by atoms with van der Waals surface area (Å²) >= 11 is 0. The van der Waals surface area contributed by atoms with Crippen molar-refractivity contribution in [2.75, 3.05) is 4.90 Å². The molecule has 3 heterocycles. The average Bonchev–Trinajstić information content (AvgIpc) is 3.95. The van der Waals surface area contributed by atoms with Crippen molar-refractivity contribution in [3.63, 3.8) is 0 Å². The second kappa shape index (κ2) is 12.0. The van der Waals surface area contributed by atoms with Crippen LogP contribution in [0.2, 0.25) is 0 Å². The zero-order valence-electron chi connectivity index (χ0n) is 30.1. The SMILES string of the molecule is c1ccc(N(c2ccc3oc4ccc(-c5cccc6c5oc5cc(-c7cccc8oc9ccccc9c78)ccc56)cc4c3c2)c2cccc3ccccc23)cc1. The van der Waals surface area contributed by atoms with Crippen LogP contribution in [-0.4, -0.2) is 0 Å². The summed E-state index contributed by atoms with van der Waals surface area (Å²) in [5.41, 5.74) is 12.8. The first-order valence-corrected chi connectivity index (χ1v) is 18.9. The van der Waals surface area contributed by atoms with Crippen molar-refractivity contribution in [2.24, 2.45) is 0 Å². The van der Waals surface area contributed by atoms with E-state index in [-0.39, 0.29) is 0 Å². The lowest BCUT2D eigenvalue weighted by Gasteiger charge is -2.26. The van der Waals surface area contributed by atoms with E-state index >= 15 is 0 Å². The fraction of sp³-hybridized carbons (Fsp3) is 0. The number of furan rings is 3. The Morgan fingerprint density at radius 3 is 1.89 bits per heavy atom. The molecule has 0 spiro atoms. The molecule has 9 aromatic carbocycles. The molecule has 12 aromatic rings. The Hall–Kier alpha value is -7.56. The Balaban J connectivity index is 0.999. The summed E-state index contributed by atoms with van der Waals surface area (Å²) in [5, 5.41) is 8.91. The largest absolute Gasteiger partial charge is 0.456 e. The highest BCUT2D eigenvalue weighted by molar-refractivity contribution is 6.15. The number of nitrogens with zero attached hydrogens (tertiary/aromatic N) is 1. The van der Waals surface area contributed by atoms with Gasteiger partial charge in [0.05, 0.1) is 5.69 Å². The fourth-order valence-corrected chi connectivity index (χ4v) is 8.69. The van der Waals surface area contributed by atoms with E-state index in [1.807, 2.05) is 18.2 Å². The van der Waals surface area contributed by atoms with Gasteiger partial charge >= 0.3 is 0 Å². The first-order valence-electron chi connectivity index (χ1n) is 18.9. The third kappa shape index (κ3) is 4.66. The lowest BCUT2D eigenvalue weighted by molar-refractivity contribution is 0.668. The Labute approximate surface area is 321 Å². The number of fused-ring (bicyclic) bond motifs is 10. The highest BCUT2D eigenvalue weighted by atomic mass is 16.3. The van der Waals surface area contributed by atoms with Gasteiger partial charge in [0.15, 0.2) is 0 Å². The summed E-state index contributed by atoms with van der Waals surface area (Å²) in [6.07, 6.45) is 0. The number of hydrogen-bond donors (Lipinski definition) is 0. The van der Waals surface area contributed by atoms with E-state index in [1.54, 1.807) is 0 Å². The zero-order valence-corrected chi connectivity index (χ0v) is 30.1. The predicted octanol–water partition coefficient (Wildman–Crippen LogP) is 15.3. The smallest absolute Gasteiger partial charge is 0.143 e. The molecule has 0 bridgehead atoms. The van der Waals surface area contributed by atoms with Gasteiger partial charge in [-0.25, -0.2) is 0 Å². The van der Waals surface area contributed by atoms with Crippen LogP contribution in [0.15, 0.2) is 201 Å². The van der Waals surface area contributed by atoms with Gasteiger partial charge in [0.1, 0.15) is 33.5 Å². The number of para-hydroxylation sites is 3. The van der Waals surface area contributed by atoms with E-state index in [9.17, 15) is 0 Å². The molecule has 56 heavy (non-hydrogen) atoms. The quantitative estimate of drug-likeness (QED) is 0.178. The molecule has 0 unspecified atom stereocenters. The standard InChI is InChI=1S/C52H31NO3/c1-2-13-35(14-3-1)53(45-20-8-12-32-11-4-5-15-37(32)45)36-25-28-48-44(31-36)43-29-33(24-27-47(43)54-48)39-18-9-19-41-40-26-23-34(30-50(40)56-52(39)41)38-17-10-22-49-51(38)42-16-6-7-21-46(42)55-49/h1-31H. The van der Waals surface area contributed by atoms with Crippen LogP contribution in [0.4, 0.5) is 17.1 Å². The second-order valence-electron chi connectivity index (χ2n) is 14.4. The van der Waals surface area contributed by atoms with Crippen LogP contribution in [0.1, 0.15) is 0 Å². The van der Waals surface area contributed by atoms with Gasteiger partial charge in [-0.2, -0.15) is 0 Å². The molecule has 4 nitrogen and oxygen atoms in total. The maximum atomic E-state index is 6.79. The van der Waals surface area contributed by atoms with E-state index in [1.165, 1.54) is 10.8 Å². The third-order valence-electron chi connectivity index (χ3n) is 11.3. The molecule has 0 aliphatic heterocycles. The average molecular weight is 718 g/mol. The molecular weight excluding hydrogens is 687 g/mol. The molecule has 12 rings (SSSR count). The van der Waals surface area contributed by atoms with Crippen LogP contribution in [-0.2, 0) is 0 Å². The minimum absolute atomic E-state index is 0.847. The van der Waals surface area contributed by atoms with Crippen LogP contribution >= 0.6 is 0 Å². The van der Waals surface area contributed by atoms with Crippen LogP contribution in [0.25, 0.3) is 98.8 Å². The second-order valence-corrected chi connectivity index (χ2v) is 14.4. The third-order valence-corrected chi connectivity index (χ3v) is 11.3. The molecule has 0 fully saturated rings. The van der Waals surface area contributed by atoms with Crippen molar-refractivity contribution in [2.45, 2.75) is 0 Å². The molecule has 0 aliphatic carbocycles. The molecule has 262 valence electrons. The Morgan fingerprint density at radius 2 is 0.964 bits per heavy atom. The summed E-state index contributed by atoms with van der Waals surface area (Å²) in [5.74, 6) is 0. The van der Waals surface area contributed by atoms with Gasteiger partial charge in [-0.15, -0.1) is 0 Å². The lowest BCUT2D eigenvalue weighted by Crippen LogP contribution is -2.10. The first-order chi connectivity index (χ1) is 27.7. The van der Waals surface area contributed by atoms with Gasteiger partial charge in [-0.05, 0) is 94.9 Å². The zero-order chi connectivity index (χ0) is 36.7. The van der Waals surface area contributed by atoms with Crippen molar-refractivity contribution in [1.29, 1.82) is 0 Å².